The lowest BCUT2D eigenvalue weighted by Crippen LogP contribution is -2.39. The van der Waals surface area contributed by atoms with Crippen molar-refractivity contribution in [3.8, 4) is 0 Å². The number of likely N-dealkylation sites (N-methyl/N-ethyl adjacent to an activating group) is 1. The Balaban J connectivity index is 1.57. The van der Waals surface area contributed by atoms with E-state index in [1.807, 2.05) is 0 Å². The van der Waals surface area contributed by atoms with Gasteiger partial charge in [0.15, 0.2) is 0 Å². The van der Waals surface area contributed by atoms with E-state index in [0.29, 0.717) is 23.3 Å². The summed E-state index contributed by atoms with van der Waals surface area (Å²) >= 11 is 0. The molecule has 6 rings (SSSR count). The summed E-state index contributed by atoms with van der Waals surface area (Å²) in [5.74, 6) is 2.29. The van der Waals surface area contributed by atoms with Crippen molar-refractivity contribution in [1.82, 2.24) is 0 Å². The number of hydrogen-bond acceptors (Lipinski definition) is 1. The van der Waals surface area contributed by atoms with E-state index < -0.39 is 0 Å². The zero-order valence-corrected chi connectivity index (χ0v) is 18.2. The summed E-state index contributed by atoms with van der Waals surface area (Å²) in [6.45, 7) is 2.28. The van der Waals surface area contributed by atoms with Crippen LogP contribution in [0, 0.1) is 18.3 Å². The Morgan fingerprint density at radius 3 is 2.31 bits per heavy atom. The molecule has 1 heteroatoms. The Morgan fingerprint density at radius 1 is 0.828 bits per heavy atom. The average Bonchev–Trinajstić information content (AvgIpc) is 3.45. The fraction of sp³-hybridized carbons (Fsp3) is 0.571. The lowest BCUT2D eigenvalue weighted by Gasteiger charge is -2.49. The topological polar surface area (TPSA) is 3.24 Å². The normalized spacial score (nSPS) is 30.3. The quantitative estimate of drug-likeness (QED) is 0.517. The summed E-state index contributed by atoms with van der Waals surface area (Å²) in [6.07, 6.45) is 13.2. The predicted molar refractivity (Wildman–Crippen MR) is 122 cm³/mol. The van der Waals surface area contributed by atoms with Crippen LogP contribution in [0.2, 0.25) is 0 Å². The molecule has 4 aliphatic rings. The number of anilines is 1. The zero-order chi connectivity index (χ0) is 19.6. The van der Waals surface area contributed by atoms with Crippen molar-refractivity contribution in [3.05, 3.63) is 64.7 Å². The van der Waals surface area contributed by atoms with Crippen LogP contribution in [0.3, 0.4) is 0 Å². The summed E-state index contributed by atoms with van der Waals surface area (Å²) in [5, 5.41) is 0. The number of aryl methyl sites for hydroxylation is 1. The summed E-state index contributed by atoms with van der Waals surface area (Å²) in [4.78, 5) is 2.61. The van der Waals surface area contributed by atoms with Gasteiger partial charge in [0, 0.05) is 18.7 Å². The first kappa shape index (κ1) is 18.0. The molecule has 0 saturated heterocycles. The standard InChI is InChI=1S/C28H35N/c1-19-14-15-24-23(18-19)25-26(21-12-6-7-13-22(21)27(25)29(24)2)28(16-8-3-9-17-28)20-10-4-5-11-20/h6-7,12-15,18,20,25-27H,3-5,8-11,16-17H2,1-2H3. The Labute approximate surface area is 176 Å². The van der Waals surface area contributed by atoms with Crippen LogP contribution in [-0.4, -0.2) is 7.05 Å². The molecule has 0 aromatic heterocycles. The second-order valence-electron chi connectivity index (χ2n) is 10.5. The minimum Gasteiger partial charge on any atom is -0.367 e. The highest BCUT2D eigenvalue weighted by Gasteiger charge is 2.58. The van der Waals surface area contributed by atoms with Crippen LogP contribution < -0.4 is 4.90 Å². The van der Waals surface area contributed by atoms with Crippen LogP contribution in [0.15, 0.2) is 42.5 Å². The third-order valence-electron chi connectivity index (χ3n) is 9.26. The smallest absolute Gasteiger partial charge is 0.0617 e. The highest BCUT2D eigenvalue weighted by molar-refractivity contribution is 5.68. The Kier molecular flexibility index (Phi) is 4.12. The summed E-state index contributed by atoms with van der Waals surface area (Å²) < 4.78 is 0. The van der Waals surface area contributed by atoms with Crippen molar-refractivity contribution in [1.29, 1.82) is 0 Å². The molecule has 152 valence electrons. The maximum absolute atomic E-state index is 2.61. The summed E-state index contributed by atoms with van der Waals surface area (Å²) in [6, 6.07) is 17.3. The van der Waals surface area contributed by atoms with E-state index in [1.54, 1.807) is 16.7 Å². The minimum absolute atomic E-state index is 0.524. The molecule has 2 saturated carbocycles. The van der Waals surface area contributed by atoms with Gasteiger partial charge >= 0.3 is 0 Å². The number of rotatable bonds is 2. The van der Waals surface area contributed by atoms with E-state index in [0.717, 1.165) is 5.92 Å². The molecular weight excluding hydrogens is 350 g/mol. The molecule has 1 heterocycles. The second-order valence-corrected chi connectivity index (χ2v) is 10.5. The highest BCUT2D eigenvalue weighted by Crippen LogP contribution is 2.69. The van der Waals surface area contributed by atoms with E-state index in [-0.39, 0.29) is 0 Å². The lowest BCUT2D eigenvalue weighted by atomic mass is 9.54. The molecule has 1 aliphatic heterocycles. The van der Waals surface area contributed by atoms with E-state index in [2.05, 4.69) is 61.3 Å². The van der Waals surface area contributed by atoms with E-state index in [9.17, 15) is 0 Å². The molecule has 0 spiro atoms. The monoisotopic (exact) mass is 385 g/mol. The number of hydrogen-bond donors (Lipinski definition) is 0. The van der Waals surface area contributed by atoms with Crippen molar-refractivity contribution < 1.29 is 0 Å². The molecular formula is C28H35N. The van der Waals surface area contributed by atoms with Gasteiger partial charge in [-0.1, -0.05) is 74.1 Å². The molecule has 0 bridgehead atoms. The van der Waals surface area contributed by atoms with Gasteiger partial charge in [-0.15, -0.1) is 0 Å². The maximum Gasteiger partial charge on any atom is 0.0617 e. The maximum atomic E-state index is 2.61. The van der Waals surface area contributed by atoms with E-state index in [1.165, 1.54) is 69.0 Å². The number of fused-ring (bicyclic) bond motifs is 5. The SMILES string of the molecule is Cc1ccc2c(c1)C1C(c3ccccc3C1C1(C3CCCC3)CCCCC1)N2C. The van der Waals surface area contributed by atoms with Crippen molar-refractivity contribution in [2.75, 3.05) is 11.9 Å². The first-order valence-electron chi connectivity index (χ1n) is 12.1. The van der Waals surface area contributed by atoms with Gasteiger partial charge in [0.25, 0.3) is 0 Å². The van der Waals surface area contributed by atoms with Crippen molar-refractivity contribution in [2.24, 2.45) is 11.3 Å². The molecule has 2 fully saturated rings. The molecule has 3 unspecified atom stereocenters. The van der Waals surface area contributed by atoms with Crippen molar-refractivity contribution in [2.45, 2.75) is 82.6 Å². The van der Waals surface area contributed by atoms with Gasteiger partial charge < -0.3 is 4.90 Å². The van der Waals surface area contributed by atoms with Gasteiger partial charge in [0.1, 0.15) is 0 Å². The van der Waals surface area contributed by atoms with E-state index in [4.69, 9.17) is 0 Å². The molecule has 3 atom stereocenters. The fourth-order valence-corrected chi connectivity index (χ4v) is 8.20. The third-order valence-corrected chi connectivity index (χ3v) is 9.26. The first-order chi connectivity index (χ1) is 14.2. The van der Waals surface area contributed by atoms with E-state index >= 15 is 0 Å². The van der Waals surface area contributed by atoms with Crippen LogP contribution in [0.25, 0.3) is 0 Å². The van der Waals surface area contributed by atoms with Gasteiger partial charge in [-0.25, -0.2) is 0 Å². The fourth-order valence-electron chi connectivity index (χ4n) is 8.20. The molecule has 3 aliphatic carbocycles. The lowest BCUT2D eigenvalue weighted by molar-refractivity contribution is 0.0535. The largest absolute Gasteiger partial charge is 0.367 e. The zero-order valence-electron chi connectivity index (χ0n) is 18.2. The number of benzene rings is 2. The third kappa shape index (κ3) is 2.46. The Morgan fingerprint density at radius 2 is 1.55 bits per heavy atom. The first-order valence-corrected chi connectivity index (χ1v) is 12.1. The molecule has 0 amide bonds. The predicted octanol–water partition coefficient (Wildman–Crippen LogP) is 7.51. The van der Waals surface area contributed by atoms with Crippen LogP contribution in [-0.2, 0) is 0 Å². The van der Waals surface area contributed by atoms with Gasteiger partial charge in [0.05, 0.1) is 6.04 Å². The van der Waals surface area contributed by atoms with Crippen LogP contribution >= 0.6 is 0 Å². The molecule has 1 nitrogen and oxygen atoms in total. The van der Waals surface area contributed by atoms with Crippen LogP contribution in [0.1, 0.15) is 97.9 Å². The van der Waals surface area contributed by atoms with Crippen molar-refractivity contribution >= 4 is 5.69 Å². The van der Waals surface area contributed by atoms with Gasteiger partial charge in [-0.05, 0) is 72.6 Å². The Hall–Kier alpha value is -1.76. The number of nitrogens with zero attached hydrogens (tertiary/aromatic N) is 1. The van der Waals surface area contributed by atoms with Gasteiger partial charge in [-0.2, -0.15) is 0 Å². The highest BCUT2D eigenvalue weighted by atomic mass is 15.2. The molecule has 29 heavy (non-hydrogen) atoms. The molecule has 2 aromatic rings. The Bertz CT molecular complexity index is 916. The summed E-state index contributed by atoms with van der Waals surface area (Å²) in [7, 11) is 2.35. The van der Waals surface area contributed by atoms with Crippen LogP contribution in [0.5, 0.6) is 0 Å². The molecule has 2 aromatic carbocycles. The van der Waals surface area contributed by atoms with Crippen LogP contribution in [0.4, 0.5) is 5.69 Å². The minimum atomic E-state index is 0.524. The second kappa shape index (κ2) is 6.62. The van der Waals surface area contributed by atoms with Gasteiger partial charge in [0.2, 0.25) is 0 Å². The molecule has 0 N–H and O–H groups in total. The average molecular weight is 386 g/mol. The molecule has 0 radical (unpaired) electrons. The van der Waals surface area contributed by atoms with Gasteiger partial charge in [-0.3, -0.25) is 0 Å². The summed E-state index contributed by atoms with van der Waals surface area (Å²) in [5.41, 5.74) is 8.41. The van der Waals surface area contributed by atoms with Crippen molar-refractivity contribution in [3.63, 3.8) is 0 Å².